The monoisotopic (exact) mass is 447 g/mol. The van der Waals surface area contributed by atoms with Crippen molar-refractivity contribution in [3.05, 3.63) is 74.8 Å². The number of hydrogen-bond acceptors (Lipinski definition) is 7. The molecule has 0 saturated heterocycles. The van der Waals surface area contributed by atoms with Crippen LogP contribution >= 0.6 is 0 Å². The van der Waals surface area contributed by atoms with Crippen LogP contribution in [0.1, 0.15) is 32.4 Å². The van der Waals surface area contributed by atoms with Gasteiger partial charge in [-0.2, -0.15) is 0 Å². The number of aromatic hydroxyl groups is 1. The molecule has 0 radical (unpaired) electrons. The average molecular weight is 448 g/mol. The lowest BCUT2D eigenvalue weighted by Gasteiger charge is -2.20. The number of anilines is 3. The van der Waals surface area contributed by atoms with Gasteiger partial charge in [-0.25, -0.2) is 4.98 Å². The molecule has 0 spiro atoms. The van der Waals surface area contributed by atoms with Gasteiger partial charge in [0.05, 0.1) is 17.4 Å². The van der Waals surface area contributed by atoms with E-state index < -0.39 is 10.9 Å². The van der Waals surface area contributed by atoms with E-state index in [1.165, 1.54) is 0 Å². The van der Waals surface area contributed by atoms with Crippen molar-refractivity contribution in [1.82, 2.24) is 14.5 Å². The second-order valence-electron chi connectivity index (χ2n) is 8.16. The van der Waals surface area contributed by atoms with Crippen molar-refractivity contribution in [3.8, 4) is 5.75 Å². The molecule has 3 aromatic carbocycles. The van der Waals surface area contributed by atoms with Crippen LogP contribution in [0.15, 0.2) is 58.4 Å². The molecular weight excluding hydrogens is 418 g/mol. The number of fused-ring (bicyclic) bond motifs is 1. The van der Waals surface area contributed by atoms with Crippen molar-refractivity contribution >= 4 is 28.1 Å². The number of nitrogens with one attached hydrogen (secondary N) is 2. The molecule has 1 heterocycles. The van der Waals surface area contributed by atoms with Gasteiger partial charge in [0.15, 0.2) is 0 Å². The maximum Gasteiger partial charge on any atom is 0.253 e. The Morgan fingerprint density at radius 2 is 1.82 bits per heavy atom. The predicted molar refractivity (Wildman–Crippen MR) is 132 cm³/mol. The lowest BCUT2D eigenvalue weighted by Crippen LogP contribution is -2.37. The minimum absolute atomic E-state index is 0.149. The van der Waals surface area contributed by atoms with Gasteiger partial charge in [0.25, 0.3) is 10.9 Å². The summed E-state index contributed by atoms with van der Waals surface area (Å²) in [5.41, 5.74) is 2.78. The van der Waals surface area contributed by atoms with Crippen molar-refractivity contribution in [3.63, 3.8) is 0 Å². The number of phenolic OH excluding ortho intramolecular Hbond substituents is 1. The first-order valence-electron chi connectivity index (χ1n) is 11.2. The predicted octanol–water partition coefficient (Wildman–Crippen LogP) is 3.60. The Hall–Kier alpha value is -3.65. The summed E-state index contributed by atoms with van der Waals surface area (Å²) < 4.78 is 2.10. The Labute approximate surface area is 192 Å². The van der Waals surface area contributed by atoms with Crippen LogP contribution in [0, 0.1) is 0 Å². The SMILES string of the molecule is CCN(CC)CCn1cnc2ccc(Nc3c(NC(C)c4cccc(O)c4)c(=O)c3=O)cc21. The Morgan fingerprint density at radius 1 is 1.06 bits per heavy atom. The molecule has 8 nitrogen and oxygen atoms in total. The molecule has 0 fully saturated rings. The van der Waals surface area contributed by atoms with Gasteiger partial charge in [-0.3, -0.25) is 9.59 Å². The second-order valence-corrected chi connectivity index (χ2v) is 8.16. The van der Waals surface area contributed by atoms with E-state index in [1.807, 2.05) is 37.5 Å². The average Bonchev–Trinajstić information content (AvgIpc) is 3.23. The molecule has 4 rings (SSSR count). The number of nitrogens with zero attached hydrogens (tertiary/aromatic N) is 3. The highest BCUT2D eigenvalue weighted by Crippen LogP contribution is 2.27. The zero-order valence-corrected chi connectivity index (χ0v) is 19.1. The fourth-order valence-corrected chi connectivity index (χ4v) is 3.99. The third kappa shape index (κ3) is 4.61. The summed E-state index contributed by atoms with van der Waals surface area (Å²) in [7, 11) is 0. The third-order valence-corrected chi connectivity index (χ3v) is 6.08. The summed E-state index contributed by atoms with van der Waals surface area (Å²) in [6.07, 6.45) is 1.83. The first-order valence-corrected chi connectivity index (χ1v) is 11.2. The van der Waals surface area contributed by atoms with Crippen LogP contribution in [-0.2, 0) is 6.54 Å². The topological polar surface area (TPSA) is 99.5 Å². The van der Waals surface area contributed by atoms with Crippen LogP contribution in [0.5, 0.6) is 5.75 Å². The van der Waals surface area contributed by atoms with E-state index in [-0.39, 0.29) is 23.2 Å². The lowest BCUT2D eigenvalue weighted by molar-refractivity contribution is 0.292. The summed E-state index contributed by atoms with van der Waals surface area (Å²) in [5, 5.41) is 15.9. The molecule has 0 aliphatic carbocycles. The quantitative estimate of drug-likeness (QED) is 0.320. The normalized spacial score (nSPS) is 12.5. The number of aromatic nitrogens is 2. The Morgan fingerprint density at radius 3 is 2.55 bits per heavy atom. The largest absolute Gasteiger partial charge is 0.508 e. The van der Waals surface area contributed by atoms with Crippen molar-refractivity contribution in [2.24, 2.45) is 0 Å². The maximum absolute atomic E-state index is 12.3. The van der Waals surface area contributed by atoms with E-state index in [2.05, 4.69) is 38.9 Å². The van der Waals surface area contributed by atoms with Gasteiger partial charge in [-0.1, -0.05) is 26.0 Å². The van der Waals surface area contributed by atoms with E-state index in [9.17, 15) is 14.7 Å². The molecule has 1 atom stereocenters. The third-order valence-electron chi connectivity index (χ3n) is 6.08. The van der Waals surface area contributed by atoms with E-state index in [4.69, 9.17) is 0 Å². The molecule has 4 aromatic rings. The van der Waals surface area contributed by atoms with Gasteiger partial charge in [0.2, 0.25) is 0 Å². The fraction of sp³-hybridized carbons (Fsp3) is 0.320. The van der Waals surface area contributed by atoms with Crippen LogP contribution in [0.3, 0.4) is 0 Å². The van der Waals surface area contributed by atoms with Gasteiger partial charge >= 0.3 is 0 Å². The molecule has 0 aliphatic heterocycles. The van der Waals surface area contributed by atoms with E-state index in [0.717, 1.165) is 42.8 Å². The molecule has 3 N–H and O–H groups in total. The van der Waals surface area contributed by atoms with Gasteiger partial charge in [-0.05, 0) is 55.9 Å². The van der Waals surface area contributed by atoms with Gasteiger partial charge in [-0.15, -0.1) is 0 Å². The molecule has 1 aromatic heterocycles. The molecule has 1 unspecified atom stereocenters. The Bertz CT molecular complexity index is 1330. The summed E-state index contributed by atoms with van der Waals surface area (Å²) in [5.74, 6) is 0.149. The standard InChI is InChI=1S/C25H29N5O3/c1-4-29(5-2)11-12-30-15-26-20-10-9-18(14-21(20)30)28-23-22(24(32)25(23)33)27-16(3)17-7-6-8-19(31)13-17/h6-10,13-16,27-28,31H,4-5,11-12H2,1-3H3. The highest BCUT2D eigenvalue weighted by molar-refractivity contribution is 5.84. The van der Waals surface area contributed by atoms with Crippen LogP contribution in [0.25, 0.3) is 11.0 Å². The van der Waals surface area contributed by atoms with Gasteiger partial charge in [0.1, 0.15) is 17.1 Å². The Kier molecular flexibility index (Phi) is 6.46. The smallest absolute Gasteiger partial charge is 0.253 e. The number of benzene rings is 2. The fourth-order valence-electron chi connectivity index (χ4n) is 3.99. The number of phenols is 1. The van der Waals surface area contributed by atoms with E-state index >= 15 is 0 Å². The highest BCUT2D eigenvalue weighted by atomic mass is 16.3. The van der Waals surface area contributed by atoms with Crippen LogP contribution < -0.4 is 21.5 Å². The van der Waals surface area contributed by atoms with E-state index in [1.54, 1.807) is 18.2 Å². The van der Waals surface area contributed by atoms with E-state index in [0.29, 0.717) is 5.69 Å². The second kappa shape index (κ2) is 9.46. The van der Waals surface area contributed by atoms with Crippen LogP contribution in [0.2, 0.25) is 0 Å². The van der Waals surface area contributed by atoms with Crippen molar-refractivity contribution in [2.75, 3.05) is 30.3 Å². The number of rotatable bonds is 10. The van der Waals surface area contributed by atoms with Gasteiger partial charge < -0.3 is 25.2 Å². The number of imidazole rings is 1. The summed E-state index contributed by atoms with van der Waals surface area (Å²) in [6.45, 7) is 9.90. The minimum atomic E-state index is -0.546. The maximum atomic E-state index is 12.3. The van der Waals surface area contributed by atoms with Crippen LogP contribution in [0.4, 0.5) is 17.1 Å². The number of hydrogen-bond donors (Lipinski definition) is 3. The summed E-state index contributed by atoms with van der Waals surface area (Å²) >= 11 is 0. The zero-order chi connectivity index (χ0) is 23.5. The zero-order valence-electron chi connectivity index (χ0n) is 19.1. The molecule has 0 aliphatic rings. The number of likely N-dealkylation sites (N-methyl/N-ethyl adjacent to an activating group) is 1. The molecule has 0 saturated carbocycles. The molecule has 33 heavy (non-hydrogen) atoms. The first-order chi connectivity index (χ1) is 15.9. The first kappa shape index (κ1) is 22.5. The van der Waals surface area contributed by atoms with Gasteiger partial charge in [0, 0.05) is 24.8 Å². The molecule has 8 heteroatoms. The summed E-state index contributed by atoms with van der Waals surface area (Å²) in [4.78, 5) is 31.4. The molecule has 0 amide bonds. The lowest BCUT2D eigenvalue weighted by atomic mass is 10.1. The van der Waals surface area contributed by atoms with Crippen molar-refractivity contribution in [1.29, 1.82) is 0 Å². The molecule has 172 valence electrons. The molecule has 0 bridgehead atoms. The summed E-state index contributed by atoms with van der Waals surface area (Å²) in [6, 6.07) is 12.2. The van der Waals surface area contributed by atoms with Crippen molar-refractivity contribution < 1.29 is 5.11 Å². The Balaban J connectivity index is 1.54. The molecular formula is C25H29N5O3. The van der Waals surface area contributed by atoms with Crippen molar-refractivity contribution in [2.45, 2.75) is 33.4 Å². The minimum Gasteiger partial charge on any atom is -0.508 e. The highest BCUT2D eigenvalue weighted by Gasteiger charge is 2.23. The van der Waals surface area contributed by atoms with Crippen LogP contribution in [-0.4, -0.2) is 39.2 Å².